The van der Waals surface area contributed by atoms with Gasteiger partial charge in [0.15, 0.2) is 6.10 Å². The van der Waals surface area contributed by atoms with E-state index in [0.29, 0.717) is 5.56 Å². The Balaban J connectivity index is 1.52. The normalized spacial score (nSPS) is 12.3. The minimum absolute atomic E-state index is 0.527. The number of fused-ring (bicyclic) bond motifs is 1. The molecule has 0 aliphatic heterocycles. The number of nitrogens with one attached hydrogen (secondary N) is 1. The summed E-state index contributed by atoms with van der Waals surface area (Å²) < 4.78 is 3.37. The highest BCUT2D eigenvalue weighted by Gasteiger charge is 2.16. The third-order valence-electron chi connectivity index (χ3n) is 4.83. The second-order valence-electron chi connectivity index (χ2n) is 6.90. The summed E-state index contributed by atoms with van der Waals surface area (Å²) in [7, 11) is 0. The lowest BCUT2D eigenvalue weighted by atomic mass is 10.1. The molecule has 1 heterocycles. The van der Waals surface area contributed by atoms with Gasteiger partial charge in [-0.2, -0.15) is 5.10 Å². The summed E-state index contributed by atoms with van der Waals surface area (Å²) in [6.07, 6.45) is 2.37. The Morgan fingerprint density at radius 2 is 1.73 bits per heavy atom. The molecule has 6 heteroatoms. The Kier molecular flexibility index (Phi) is 6.25. The molecular weight excluding hydrogens is 489 g/mol. The third kappa shape index (κ3) is 4.60. The van der Waals surface area contributed by atoms with Crippen LogP contribution in [0.3, 0.4) is 0 Å². The predicted molar refractivity (Wildman–Crippen MR) is 127 cm³/mol. The number of benzene rings is 3. The van der Waals surface area contributed by atoms with Gasteiger partial charge in [-0.15, -0.1) is 0 Å². The highest BCUT2D eigenvalue weighted by Crippen LogP contribution is 2.21. The van der Waals surface area contributed by atoms with Gasteiger partial charge in [-0.1, -0.05) is 60.7 Å². The van der Waals surface area contributed by atoms with Crippen molar-refractivity contribution in [3.63, 3.8) is 0 Å². The van der Waals surface area contributed by atoms with Crippen LogP contribution in [-0.2, 0) is 11.3 Å². The van der Waals surface area contributed by atoms with Gasteiger partial charge in [0.05, 0.1) is 6.21 Å². The van der Waals surface area contributed by atoms with E-state index < -0.39 is 12.0 Å². The molecule has 0 spiro atoms. The van der Waals surface area contributed by atoms with E-state index in [0.717, 1.165) is 23.0 Å². The third-order valence-corrected chi connectivity index (χ3v) is 5.55. The maximum Gasteiger partial charge on any atom is 0.273 e. The van der Waals surface area contributed by atoms with Crippen molar-refractivity contribution in [2.24, 2.45) is 5.10 Å². The van der Waals surface area contributed by atoms with Gasteiger partial charge in [0, 0.05) is 32.8 Å². The van der Waals surface area contributed by atoms with Crippen LogP contribution >= 0.6 is 22.6 Å². The first kappa shape index (κ1) is 20.3. The van der Waals surface area contributed by atoms with Gasteiger partial charge < -0.3 is 9.67 Å². The van der Waals surface area contributed by atoms with Crippen molar-refractivity contribution < 1.29 is 9.90 Å². The number of rotatable bonds is 6. The van der Waals surface area contributed by atoms with Gasteiger partial charge in [0.25, 0.3) is 5.91 Å². The Bertz CT molecular complexity index is 1180. The number of halogens is 1. The highest BCUT2D eigenvalue weighted by atomic mass is 127. The molecule has 0 aliphatic rings. The molecule has 0 radical (unpaired) electrons. The molecule has 2 N–H and O–H groups in total. The number of hydrogen-bond donors (Lipinski definition) is 2. The average molecular weight is 509 g/mol. The van der Waals surface area contributed by atoms with Gasteiger partial charge in [0.2, 0.25) is 0 Å². The summed E-state index contributed by atoms with van der Waals surface area (Å²) in [6.45, 7) is 0.740. The lowest BCUT2D eigenvalue weighted by Crippen LogP contribution is -2.25. The second kappa shape index (κ2) is 9.23. The van der Waals surface area contributed by atoms with Crippen LogP contribution in [0.15, 0.2) is 90.2 Å². The minimum Gasteiger partial charge on any atom is -0.378 e. The molecule has 5 nitrogen and oxygen atoms in total. The predicted octanol–water partition coefficient (Wildman–Crippen LogP) is 4.48. The molecule has 4 rings (SSSR count). The van der Waals surface area contributed by atoms with Crippen molar-refractivity contribution in [2.75, 3.05) is 0 Å². The van der Waals surface area contributed by atoms with E-state index in [1.165, 1.54) is 9.13 Å². The van der Waals surface area contributed by atoms with Crippen molar-refractivity contribution >= 4 is 45.6 Å². The van der Waals surface area contributed by atoms with E-state index in [1.807, 2.05) is 30.5 Å². The van der Waals surface area contributed by atoms with Gasteiger partial charge in [-0.25, -0.2) is 5.43 Å². The molecule has 0 bridgehead atoms. The van der Waals surface area contributed by atoms with Crippen LogP contribution in [0, 0.1) is 3.57 Å². The first-order valence-corrected chi connectivity index (χ1v) is 10.6. The molecule has 3 aromatic carbocycles. The van der Waals surface area contributed by atoms with Crippen LogP contribution in [0.4, 0.5) is 0 Å². The van der Waals surface area contributed by atoms with Gasteiger partial charge >= 0.3 is 0 Å². The zero-order chi connectivity index (χ0) is 20.9. The molecule has 1 aromatic heterocycles. The number of aliphatic hydroxyl groups is 1. The number of carbonyl (C=O) groups is 1. The summed E-state index contributed by atoms with van der Waals surface area (Å²) >= 11 is 2.30. The second-order valence-corrected chi connectivity index (χ2v) is 8.15. The number of aliphatic hydroxyl groups excluding tert-OH is 1. The van der Waals surface area contributed by atoms with Crippen LogP contribution in [-0.4, -0.2) is 21.8 Å². The van der Waals surface area contributed by atoms with Crippen molar-refractivity contribution in [1.82, 2.24) is 9.99 Å². The highest BCUT2D eigenvalue weighted by molar-refractivity contribution is 14.1. The lowest BCUT2D eigenvalue weighted by Gasteiger charge is -2.08. The van der Waals surface area contributed by atoms with E-state index in [-0.39, 0.29) is 0 Å². The minimum atomic E-state index is -1.26. The number of hydrazone groups is 1. The standard InChI is InChI=1S/C24H20IN3O2/c25-20-12-10-17(11-13-20)15-28-16-19(21-8-4-5-9-22(21)28)14-26-27-24(30)23(29)18-6-2-1-3-7-18/h1-14,16,23,29H,15H2,(H,27,30)/b26-14-/t23-/m1/s1. The van der Waals surface area contributed by atoms with Crippen molar-refractivity contribution in [3.8, 4) is 0 Å². The Labute approximate surface area is 188 Å². The molecule has 1 atom stereocenters. The zero-order valence-corrected chi connectivity index (χ0v) is 18.2. The summed E-state index contributed by atoms with van der Waals surface area (Å²) in [5.74, 6) is -0.569. The average Bonchev–Trinajstić information content (AvgIpc) is 3.13. The quantitative estimate of drug-likeness (QED) is 0.229. The molecule has 150 valence electrons. The summed E-state index contributed by atoms with van der Waals surface area (Å²) in [5.41, 5.74) is 6.15. The van der Waals surface area contributed by atoms with Gasteiger partial charge in [0.1, 0.15) is 0 Å². The number of nitrogens with zero attached hydrogens (tertiary/aromatic N) is 2. The Morgan fingerprint density at radius 3 is 2.50 bits per heavy atom. The molecule has 0 saturated heterocycles. The summed E-state index contributed by atoms with van der Waals surface area (Å²) in [5, 5.41) is 15.3. The van der Waals surface area contributed by atoms with Gasteiger partial charge in [-0.3, -0.25) is 4.79 Å². The fraction of sp³-hybridized carbons (Fsp3) is 0.0833. The van der Waals surface area contributed by atoms with Crippen molar-refractivity contribution in [1.29, 1.82) is 0 Å². The molecule has 0 saturated carbocycles. The smallest absolute Gasteiger partial charge is 0.273 e. The van der Waals surface area contributed by atoms with Crippen LogP contribution in [0.25, 0.3) is 10.9 Å². The van der Waals surface area contributed by atoms with Crippen LogP contribution in [0.2, 0.25) is 0 Å². The zero-order valence-electron chi connectivity index (χ0n) is 16.1. The molecular formula is C24H20IN3O2. The maximum atomic E-state index is 12.2. The van der Waals surface area contributed by atoms with E-state index >= 15 is 0 Å². The first-order chi connectivity index (χ1) is 14.6. The number of para-hydroxylation sites is 1. The fourth-order valence-corrected chi connectivity index (χ4v) is 3.67. The molecule has 1 amide bonds. The Morgan fingerprint density at radius 1 is 1.03 bits per heavy atom. The van der Waals surface area contributed by atoms with E-state index in [2.05, 4.69) is 68.0 Å². The van der Waals surface area contributed by atoms with Crippen LogP contribution in [0.5, 0.6) is 0 Å². The van der Waals surface area contributed by atoms with Gasteiger partial charge in [-0.05, 0) is 51.9 Å². The molecule has 0 unspecified atom stereocenters. The molecule has 0 fully saturated rings. The van der Waals surface area contributed by atoms with Crippen LogP contribution < -0.4 is 5.43 Å². The van der Waals surface area contributed by atoms with E-state index in [9.17, 15) is 9.90 Å². The fourth-order valence-electron chi connectivity index (χ4n) is 3.31. The largest absolute Gasteiger partial charge is 0.378 e. The topological polar surface area (TPSA) is 66.6 Å². The number of carbonyl (C=O) groups excluding carboxylic acids is 1. The van der Waals surface area contributed by atoms with E-state index in [4.69, 9.17) is 0 Å². The Hall–Kier alpha value is -2.97. The molecule has 30 heavy (non-hydrogen) atoms. The summed E-state index contributed by atoms with van der Waals surface area (Å²) in [6, 6.07) is 25.3. The van der Waals surface area contributed by atoms with E-state index in [1.54, 1.807) is 30.5 Å². The first-order valence-electron chi connectivity index (χ1n) is 9.50. The number of hydrogen-bond acceptors (Lipinski definition) is 3. The van der Waals surface area contributed by atoms with Crippen molar-refractivity contribution in [3.05, 3.63) is 105 Å². The molecule has 0 aliphatic carbocycles. The number of amides is 1. The lowest BCUT2D eigenvalue weighted by molar-refractivity contribution is -0.129. The monoisotopic (exact) mass is 509 g/mol. The summed E-state index contributed by atoms with van der Waals surface area (Å²) in [4.78, 5) is 12.2. The van der Waals surface area contributed by atoms with Crippen molar-refractivity contribution in [2.45, 2.75) is 12.6 Å². The molecule has 4 aromatic rings. The number of aromatic nitrogens is 1. The SMILES string of the molecule is O=C(N/N=C\c1cn(Cc2ccc(I)cc2)c2ccccc12)[C@H](O)c1ccccc1. The maximum absolute atomic E-state index is 12.2. The van der Waals surface area contributed by atoms with Crippen LogP contribution in [0.1, 0.15) is 22.8 Å².